The van der Waals surface area contributed by atoms with E-state index in [1.807, 2.05) is 6.92 Å². The van der Waals surface area contributed by atoms with Gasteiger partial charge in [0.2, 0.25) is 10.0 Å². The third-order valence-electron chi connectivity index (χ3n) is 2.70. The zero-order chi connectivity index (χ0) is 13.8. The minimum atomic E-state index is -3.44. The molecule has 6 heteroatoms. The van der Waals surface area contributed by atoms with E-state index in [1.165, 1.54) is 16.4 Å². The Balaban J connectivity index is 3.05. The molecule has 0 radical (unpaired) electrons. The van der Waals surface area contributed by atoms with E-state index in [4.69, 9.17) is 23.2 Å². The molecule has 0 aliphatic heterocycles. The number of hydrogen-bond donors (Lipinski definition) is 0. The molecule has 18 heavy (non-hydrogen) atoms. The first-order valence-corrected chi connectivity index (χ1v) is 8.09. The van der Waals surface area contributed by atoms with Gasteiger partial charge in [-0.1, -0.05) is 24.9 Å². The van der Waals surface area contributed by atoms with Gasteiger partial charge in [0.15, 0.2) is 0 Å². The Morgan fingerprint density at radius 3 is 2.56 bits per heavy atom. The van der Waals surface area contributed by atoms with Gasteiger partial charge in [0.1, 0.15) is 0 Å². The quantitative estimate of drug-likeness (QED) is 0.754. The summed E-state index contributed by atoms with van der Waals surface area (Å²) in [4.78, 5) is 0.237. The lowest BCUT2D eigenvalue weighted by Crippen LogP contribution is -2.28. The van der Waals surface area contributed by atoms with Gasteiger partial charge in [0.25, 0.3) is 0 Å². The van der Waals surface area contributed by atoms with Crippen molar-refractivity contribution < 1.29 is 8.42 Å². The van der Waals surface area contributed by atoms with Crippen molar-refractivity contribution in [3.05, 3.63) is 28.8 Å². The van der Waals surface area contributed by atoms with E-state index in [-0.39, 0.29) is 10.8 Å². The Kier molecular flexibility index (Phi) is 5.92. The molecule has 102 valence electrons. The molecule has 0 atom stereocenters. The van der Waals surface area contributed by atoms with Crippen LogP contribution in [0.3, 0.4) is 0 Å². The summed E-state index contributed by atoms with van der Waals surface area (Å²) in [6, 6.07) is 4.61. The number of rotatable bonds is 6. The normalized spacial score (nSPS) is 12.1. The summed E-state index contributed by atoms with van der Waals surface area (Å²) in [5.41, 5.74) is 0.628. The summed E-state index contributed by atoms with van der Waals surface area (Å²) >= 11 is 11.6. The average molecular weight is 310 g/mol. The SMILES string of the molecule is CCCCN(C)S(=O)(=O)c1ccc(Cl)c(CCl)c1. The van der Waals surface area contributed by atoms with Crippen LogP contribution in [-0.4, -0.2) is 26.3 Å². The number of alkyl halides is 1. The minimum Gasteiger partial charge on any atom is -0.207 e. The molecular formula is C12H17Cl2NO2S. The standard InChI is InChI=1S/C12H17Cl2NO2S/c1-3-4-7-15(2)18(16,17)11-5-6-12(14)10(8-11)9-13/h5-6,8H,3-4,7,9H2,1-2H3. The highest BCUT2D eigenvalue weighted by atomic mass is 35.5. The summed E-state index contributed by atoms with van der Waals surface area (Å²) in [5, 5.41) is 0.486. The van der Waals surface area contributed by atoms with E-state index in [1.54, 1.807) is 13.1 Å². The molecule has 1 aromatic carbocycles. The molecule has 0 N–H and O–H groups in total. The van der Waals surface area contributed by atoms with Gasteiger partial charge in [-0.15, -0.1) is 11.6 Å². The van der Waals surface area contributed by atoms with Crippen LogP contribution < -0.4 is 0 Å². The van der Waals surface area contributed by atoms with Crippen LogP contribution in [0, 0.1) is 0 Å². The van der Waals surface area contributed by atoms with Gasteiger partial charge in [-0.3, -0.25) is 0 Å². The molecule has 0 fully saturated rings. The summed E-state index contributed by atoms with van der Waals surface area (Å²) in [7, 11) is -1.86. The topological polar surface area (TPSA) is 37.4 Å². The molecule has 0 amide bonds. The van der Waals surface area contributed by atoms with E-state index in [2.05, 4.69) is 0 Å². The maximum atomic E-state index is 12.3. The van der Waals surface area contributed by atoms with E-state index in [9.17, 15) is 8.42 Å². The number of nitrogens with zero attached hydrogens (tertiary/aromatic N) is 1. The predicted octanol–water partition coefficient (Wildman–Crippen LogP) is 3.50. The Hall–Kier alpha value is -0.290. The maximum Gasteiger partial charge on any atom is 0.242 e. The van der Waals surface area contributed by atoms with Crippen molar-refractivity contribution in [1.82, 2.24) is 4.31 Å². The van der Waals surface area contributed by atoms with Crippen LogP contribution in [0.1, 0.15) is 25.3 Å². The molecule has 0 unspecified atom stereocenters. The molecular weight excluding hydrogens is 293 g/mol. The van der Waals surface area contributed by atoms with Crippen molar-refractivity contribution in [2.45, 2.75) is 30.5 Å². The fourth-order valence-electron chi connectivity index (χ4n) is 1.49. The Labute approximate surface area is 119 Å². The van der Waals surface area contributed by atoms with Crippen LogP contribution in [0.5, 0.6) is 0 Å². The van der Waals surface area contributed by atoms with Crippen LogP contribution in [0.15, 0.2) is 23.1 Å². The zero-order valence-electron chi connectivity index (χ0n) is 10.5. The lowest BCUT2D eigenvalue weighted by Gasteiger charge is -2.17. The van der Waals surface area contributed by atoms with Gasteiger partial charge in [-0.25, -0.2) is 12.7 Å². The predicted molar refractivity (Wildman–Crippen MR) is 75.7 cm³/mol. The zero-order valence-corrected chi connectivity index (χ0v) is 12.8. The van der Waals surface area contributed by atoms with Crippen LogP contribution >= 0.6 is 23.2 Å². The fraction of sp³-hybridized carbons (Fsp3) is 0.500. The van der Waals surface area contributed by atoms with E-state index in [0.717, 1.165) is 12.8 Å². The lowest BCUT2D eigenvalue weighted by molar-refractivity contribution is 0.459. The molecule has 0 aliphatic rings. The largest absolute Gasteiger partial charge is 0.242 e. The van der Waals surface area contributed by atoms with Crippen molar-refractivity contribution in [2.24, 2.45) is 0 Å². The molecule has 0 aromatic heterocycles. The Bertz CT molecular complexity index is 503. The van der Waals surface area contributed by atoms with E-state index >= 15 is 0 Å². The van der Waals surface area contributed by atoms with Crippen molar-refractivity contribution in [1.29, 1.82) is 0 Å². The van der Waals surface area contributed by atoms with Crippen LogP contribution in [0.4, 0.5) is 0 Å². The molecule has 1 aromatic rings. The first-order chi connectivity index (χ1) is 8.43. The van der Waals surface area contributed by atoms with Crippen LogP contribution in [-0.2, 0) is 15.9 Å². The van der Waals surface area contributed by atoms with Crippen molar-refractivity contribution in [3.63, 3.8) is 0 Å². The number of halogens is 2. The molecule has 3 nitrogen and oxygen atoms in total. The molecule has 0 bridgehead atoms. The second-order valence-electron chi connectivity index (χ2n) is 4.07. The number of sulfonamides is 1. The van der Waals surface area contributed by atoms with E-state index < -0.39 is 10.0 Å². The van der Waals surface area contributed by atoms with Gasteiger partial charge >= 0.3 is 0 Å². The summed E-state index contributed by atoms with van der Waals surface area (Å²) < 4.78 is 25.9. The number of unbranched alkanes of at least 4 members (excludes halogenated alkanes) is 1. The van der Waals surface area contributed by atoms with Crippen LogP contribution in [0.25, 0.3) is 0 Å². The smallest absolute Gasteiger partial charge is 0.207 e. The van der Waals surface area contributed by atoms with Gasteiger partial charge in [0, 0.05) is 24.5 Å². The Morgan fingerprint density at radius 1 is 1.33 bits per heavy atom. The third kappa shape index (κ3) is 3.60. The molecule has 0 spiro atoms. The highest BCUT2D eigenvalue weighted by Crippen LogP contribution is 2.23. The van der Waals surface area contributed by atoms with Crippen molar-refractivity contribution in [2.75, 3.05) is 13.6 Å². The highest BCUT2D eigenvalue weighted by Gasteiger charge is 2.20. The number of hydrogen-bond acceptors (Lipinski definition) is 2. The van der Waals surface area contributed by atoms with Gasteiger partial charge in [0.05, 0.1) is 4.90 Å². The van der Waals surface area contributed by atoms with E-state index in [0.29, 0.717) is 17.1 Å². The monoisotopic (exact) mass is 309 g/mol. The molecule has 0 saturated carbocycles. The summed E-state index contributed by atoms with van der Waals surface area (Å²) in [6.07, 6.45) is 1.79. The first kappa shape index (κ1) is 15.8. The summed E-state index contributed by atoms with van der Waals surface area (Å²) in [6.45, 7) is 2.53. The molecule has 1 rings (SSSR count). The minimum absolute atomic E-state index is 0.195. The van der Waals surface area contributed by atoms with Gasteiger partial charge < -0.3 is 0 Å². The first-order valence-electron chi connectivity index (χ1n) is 5.74. The highest BCUT2D eigenvalue weighted by molar-refractivity contribution is 7.89. The second kappa shape index (κ2) is 6.75. The lowest BCUT2D eigenvalue weighted by atomic mass is 10.2. The molecule has 0 saturated heterocycles. The average Bonchev–Trinajstić information content (AvgIpc) is 2.36. The van der Waals surface area contributed by atoms with Gasteiger partial charge in [-0.2, -0.15) is 0 Å². The third-order valence-corrected chi connectivity index (χ3v) is 5.21. The van der Waals surface area contributed by atoms with Gasteiger partial charge in [-0.05, 0) is 30.2 Å². The fourth-order valence-corrected chi connectivity index (χ4v) is 3.23. The van der Waals surface area contributed by atoms with Crippen molar-refractivity contribution >= 4 is 33.2 Å². The number of benzene rings is 1. The molecule has 0 aliphatic carbocycles. The second-order valence-corrected chi connectivity index (χ2v) is 6.79. The molecule has 0 heterocycles. The van der Waals surface area contributed by atoms with Crippen LogP contribution in [0.2, 0.25) is 5.02 Å². The maximum absolute atomic E-state index is 12.3. The Morgan fingerprint density at radius 2 is 2.00 bits per heavy atom. The summed E-state index contributed by atoms with van der Waals surface area (Å²) in [5.74, 6) is 0.195. The van der Waals surface area contributed by atoms with Crippen molar-refractivity contribution in [3.8, 4) is 0 Å².